The van der Waals surface area contributed by atoms with E-state index in [4.69, 9.17) is 9.47 Å². The van der Waals surface area contributed by atoms with E-state index in [1.54, 1.807) is 0 Å². The average Bonchev–Trinajstić information content (AvgIpc) is 2.50. The molecular weight excluding hydrogens is 268 g/mol. The van der Waals surface area contributed by atoms with E-state index in [0.29, 0.717) is 18.3 Å². The van der Waals surface area contributed by atoms with E-state index in [-0.39, 0.29) is 12.8 Å². The van der Waals surface area contributed by atoms with Crippen LogP contribution < -0.4 is 14.8 Å². The molecule has 0 aromatic heterocycles. The van der Waals surface area contributed by atoms with E-state index < -0.39 is 0 Å². The van der Waals surface area contributed by atoms with Gasteiger partial charge in [-0.2, -0.15) is 0 Å². The Balaban J connectivity index is 1.70. The van der Waals surface area contributed by atoms with Gasteiger partial charge in [0.05, 0.1) is 6.61 Å². The fraction of sp³-hybridized carbons (Fsp3) is 0.562. The van der Waals surface area contributed by atoms with Gasteiger partial charge in [-0.25, -0.2) is 4.79 Å². The third-order valence-electron chi connectivity index (χ3n) is 3.67. The average molecular weight is 292 g/mol. The zero-order valence-electron chi connectivity index (χ0n) is 12.8. The van der Waals surface area contributed by atoms with Crippen molar-refractivity contribution in [1.82, 2.24) is 10.2 Å². The Bertz CT molecular complexity index is 439. The fourth-order valence-corrected chi connectivity index (χ4v) is 2.30. The van der Waals surface area contributed by atoms with Crippen molar-refractivity contribution in [1.29, 1.82) is 0 Å². The highest BCUT2D eigenvalue weighted by Crippen LogP contribution is 2.17. The van der Waals surface area contributed by atoms with Gasteiger partial charge < -0.3 is 19.7 Å². The van der Waals surface area contributed by atoms with Crippen LogP contribution in [-0.2, 0) is 0 Å². The van der Waals surface area contributed by atoms with E-state index in [1.807, 2.05) is 36.1 Å². The molecule has 1 N–H and O–H groups in total. The summed E-state index contributed by atoms with van der Waals surface area (Å²) in [6.07, 6.45) is 2.15. The summed E-state index contributed by atoms with van der Waals surface area (Å²) in [7, 11) is 0. The molecule has 0 aliphatic carbocycles. The molecule has 0 bridgehead atoms. The second-order valence-corrected chi connectivity index (χ2v) is 5.34. The summed E-state index contributed by atoms with van der Waals surface area (Å²) in [6.45, 7) is 6.65. The van der Waals surface area contributed by atoms with Crippen LogP contribution in [0.15, 0.2) is 24.3 Å². The lowest BCUT2D eigenvalue weighted by Gasteiger charge is -2.30. The first kappa shape index (κ1) is 15.5. The number of urea groups is 1. The van der Waals surface area contributed by atoms with Crippen molar-refractivity contribution in [3.05, 3.63) is 24.3 Å². The highest BCUT2D eigenvalue weighted by atomic mass is 16.5. The Labute approximate surface area is 126 Å². The number of carbonyl (C=O) groups is 1. The molecule has 0 radical (unpaired) electrons. The molecule has 1 aromatic rings. The SMILES string of the molecule is CCOc1ccc(OCNC(=O)N2CCC(C)CC2)cc1. The normalized spacial score (nSPS) is 15.6. The molecular formula is C16H24N2O3. The summed E-state index contributed by atoms with van der Waals surface area (Å²) in [5, 5.41) is 2.79. The molecule has 5 nitrogen and oxygen atoms in total. The Kier molecular flexibility index (Phi) is 5.72. The van der Waals surface area contributed by atoms with Crippen molar-refractivity contribution < 1.29 is 14.3 Å². The quantitative estimate of drug-likeness (QED) is 0.849. The summed E-state index contributed by atoms with van der Waals surface area (Å²) >= 11 is 0. The molecule has 1 aromatic carbocycles. The van der Waals surface area contributed by atoms with Gasteiger partial charge >= 0.3 is 6.03 Å². The molecule has 1 aliphatic heterocycles. The first-order chi connectivity index (χ1) is 10.2. The maximum absolute atomic E-state index is 11.9. The van der Waals surface area contributed by atoms with Crippen molar-refractivity contribution in [3.8, 4) is 11.5 Å². The van der Waals surface area contributed by atoms with Crippen LogP contribution in [0.5, 0.6) is 11.5 Å². The lowest BCUT2D eigenvalue weighted by Crippen LogP contribution is -2.45. The van der Waals surface area contributed by atoms with Crippen LogP contribution >= 0.6 is 0 Å². The molecule has 1 heterocycles. The van der Waals surface area contributed by atoms with Crippen molar-refractivity contribution in [2.24, 2.45) is 5.92 Å². The van der Waals surface area contributed by atoms with Gasteiger partial charge in [0.2, 0.25) is 0 Å². The van der Waals surface area contributed by atoms with Crippen molar-refractivity contribution in [2.75, 3.05) is 26.4 Å². The predicted molar refractivity (Wildman–Crippen MR) is 81.6 cm³/mol. The smallest absolute Gasteiger partial charge is 0.320 e. The first-order valence-electron chi connectivity index (χ1n) is 7.57. The van der Waals surface area contributed by atoms with E-state index in [0.717, 1.165) is 31.7 Å². The summed E-state index contributed by atoms with van der Waals surface area (Å²) in [5.74, 6) is 2.25. The molecule has 116 valence electrons. The number of nitrogens with zero attached hydrogens (tertiary/aromatic N) is 1. The highest BCUT2D eigenvalue weighted by Gasteiger charge is 2.19. The summed E-state index contributed by atoms with van der Waals surface area (Å²) in [5.41, 5.74) is 0. The number of carbonyl (C=O) groups excluding carboxylic acids is 1. The third-order valence-corrected chi connectivity index (χ3v) is 3.67. The van der Waals surface area contributed by atoms with Crippen molar-refractivity contribution in [2.45, 2.75) is 26.7 Å². The zero-order chi connectivity index (χ0) is 15.1. The van der Waals surface area contributed by atoms with Crippen LogP contribution in [0.25, 0.3) is 0 Å². The molecule has 1 aliphatic rings. The molecule has 2 rings (SSSR count). The van der Waals surface area contributed by atoms with E-state index in [2.05, 4.69) is 12.2 Å². The Morgan fingerprint density at radius 1 is 1.19 bits per heavy atom. The standard InChI is InChI=1S/C16H24N2O3/c1-3-20-14-4-6-15(7-5-14)21-12-17-16(19)18-10-8-13(2)9-11-18/h4-7,13H,3,8-12H2,1-2H3,(H,17,19). The minimum Gasteiger partial charge on any atom is -0.494 e. The largest absolute Gasteiger partial charge is 0.494 e. The van der Waals surface area contributed by atoms with Crippen molar-refractivity contribution >= 4 is 6.03 Å². The van der Waals surface area contributed by atoms with Crippen LogP contribution in [0, 0.1) is 5.92 Å². The fourth-order valence-electron chi connectivity index (χ4n) is 2.30. The number of likely N-dealkylation sites (tertiary alicyclic amines) is 1. The number of amides is 2. The number of hydrogen-bond acceptors (Lipinski definition) is 3. The Morgan fingerprint density at radius 3 is 2.33 bits per heavy atom. The van der Waals surface area contributed by atoms with Gasteiger partial charge in [0, 0.05) is 13.1 Å². The number of benzene rings is 1. The lowest BCUT2D eigenvalue weighted by molar-refractivity contribution is 0.164. The summed E-state index contributed by atoms with van der Waals surface area (Å²) < 4.78 is 10.9. The summed E-state index contributed by atoms with van der Waals surface area (Å²) in [4.78, 5) is 13.8. The molecule has 2 amide bonds. The third kappa shape index (κ3) is 4.85. The minimum absolute atomic E-state index is 0.0483. The molecule has 0 saturated carbocycles. The van der Waals surface area contributed by atoms with E-state index >= 15 is 0 Å². The zero-order valence-corrected chi connectivity index (χ0v) is 12.8. The first-order valence-corrected chi connectivity index (χ1v) is 7.57. The van der Waals surface area contributed by atoms with Crippen LogP contribution in [0.3, 0.4) is 0 Å². The number of hydrogen-bond donors (Lipinski definition) is 1. The minimum atomic E-state index is -0.0483. The highest BCUT2D eigenvalue weighted by molar-refractivity contribution is 5.74. The Hall–Kier alpha value is -1.91. The number of rotatable bonds is 5. The molecule has 0 unspecified atom stereocenters. The molecule has 1 saturated heterocycles. The maximum Gasteiger partial charge on any atom is 0.320 e. The second-order valence-electron chi connectivity index (χ2n) is 5.34. The Morgan fingerprint density at radius 2 is 1.76 bits per heavy atom. The monoisotopic (exact) mass is 292 g/mol. The lowest BCUT2D eigenvalue weighted by atomic mass is 10.00. The van der Waals surface area contributed by atoms with Crippen LogP contribution in [0.1, 0.15) is 26.7 Å². The van der Waals surface area contributed by atoms with Gasteiger partial charge in [-0.15, -0.1) is 0 Å². The van der Waals surface area contributed by atoms with Gasteiger partial charge in [0.25, 0.3) is 0 Å². The van der Waals surface area contributed by atoms with Gasteiger partial charge in [0.15, 0.2) is 6.73 Å². The predicted octanol–water partition coefficient (Wildman–Crippen LogP) is 2.86. The molecule has 0 atom stereocenters. The number of piperidine rings is 1. The van der Waals surface area contributed by atoms with E-state index in [1.165, 1.54) is 0 Å². The van der Waals surface area contributed by atoms with Gasteiger partial charge in [0.1, 0.15) is 11.5 Å². The van der Waals surface area contributed by atoms with Crippen molar-refractivity contribution in [3.63, 3.8) is 0 Å². The molecule has 0 spiro atoms. The van der Waals surface area contributed by atoms with Gasteiger partial charge in [-0.1, -0.05) is 6.92 Å². The maximum atomic E-state index is 11.9. The number of ether oxygens (including phenoxy) is 2. The molecule has 1 fully saturated rings. The van der Waals surface area contributed by atoms with Crippen LogP contribution in [0.2, 0.25) is 0 Å². The topological polar surface area (TPSA) is 50.8 Å². The van der Waals surface area contributed by atoms with Gasteiger partial charge in [-0.05, 0) is 49.9 Å². The van der Waals surface area contributed by atoms with Crippen LogP contribution in [0.4, 0.5) is 4.79 Å². The van der Waals surface area contributed by atoms with Crippen LogP contribution in [-0.4, -0.2) is 37.4 Å². The van der Waals surface area contributed by atoms with Gasteiger partial charge in [-0.3, -0.25) is 0 Å². The molecule has 5 heteroatoms. The second kappa shape index (κ2) is 7.76. The molecule has 21 heavy (non-hydrogen) atoms. The summed E-state index contributed by atoms with van der Waals surface area (Å²) in [6, 6.07) is 7.33. The number of nitrogens with one attached hydrogen (secondary N) is 1. The van der Waals surface area contributed by atoms with E-state index in [9.17, 15) is 4.79 Å².